The van der Waals surface area contributed by atoms with Crippen molar-refractivity contribution < 1.29 is 0 Å². The van der Waals surface area contributed by atoms with Gasteiger partial charge in [-0.15, -0.1) is 0 Å². The van der Waals surface area contributed by atoms with Crippen molar-refractivity contribution in [3.05, 3.63) is 41.9 Å². The predicted molar refractivity (Wildman–Crippen MR) is 63.0 cm³/mol. The van der Waals surface area contributed by atoms with Gasteiger partial charge in [-0.05, 0) is 30.2 Å². The normalized spacial score (nSPS) is 30.1. The van der Waals surface area contributed by atoms with Gasteiger partial charge in [0, 0.05) is 36.1 Å². The van der Waals surface area contributed by atoms with E-state index in [2.05, 4.69) is 42.9 Å². The maximum atomic E-state index is 4.26. The molecule has 2 unspecified atom stereocenters. The molecule has 0 bridgehead atoms. The van der Waals surface area contributed by atoms with Crippen LogP contribution in [0.4, 0.5) is 0 Å². The first-order chi connectivity index (χ1) is 7.15. The molecule has 0 aromatic carbocycles. The Morgan fingerprint density at radius 1 is 1.27 bits per heavy atom. The van der Waals surface area contributed by atoms with Gasteiger partial charge in [0.15, 0.2) is 0 Å². The molecule has 0 fully saturated rings. The van der Waals surface area contributed by atoms with Gasteiger partial charge in [-0.2, -0.15) is 0 Å². The first-order valence-electron chi connectivity index (χ1n) is 5.26. The third-order valence-electron chi connectivity index (χ3n) is 3.59. The Hall–Kier alpha value is -1.44. The highest BCUT2D eigenvalue weighted by molar-refractivity contribution is 5.68. The Morgan fingerprint density at radius 3 is 2.53 bits per heavy atom. The Balaban J connectivity index is 2.50. The summed E-state index contributed by atoms with van der Waals surface area (Å²) in [5.41, 5.74) is 2.68. The van der Waals surface area contributed by atoms with Crippen LogP contribution in [0.1, 0.15) is 26.3 Å². The molecular weight excluding hydrogens is 184 g/mol. The number of pyridine rings is 1. The summed E-state index contributed by atoms with van der Waals surface area (Å²) in [6.07, 6.45) is 7.69. The minimum absolute atomic E-state index is 0.0602. The van der Waals surface area contributed by atoms with Crippen molar-refractivity contribution >= 4 is 6.21 Å². The van der Waals surface area contributed by atoms with E-state index >= 15 is 0 Å². The summed E-state index contributed by atoms with van der Waals surface area (Å²) in [5.74, 6) is 0.421. The van der Waals surface area contributed by atoms with Gasteiger partial charge in [0.25, 0.3) is 0 Å². The third-order valence-corrected chi connectivity index (χ3v) is 3.59. The molecule has 0 spiro atoms. The van der Waals surface area contributed by atoms with E-state index in [0.717, 1.165) is 0 Å². The minimum atomic E-state index is 0.0602. The quantitative estimate of drug-likeness (QED) is 0.684. The number of aliphatic imine (C=N–C) groups is 1. The average molecular weight is 200 g/mol. The van der Waals surface area contributed by atoms with Crippen molar-refractivity contribution in [3.8, 4) is 0 Å². The summed E-state index contributed by atoms with van der Waals surface area (Å²) < 4.78 is 0. The highest BCUT2D eigenvalue weighted by Crippen LogP contribution is 2.39. The zero-order valence-electron chi connectivity index (χ0n) is 9.44. The van der Waals surface area contributed by atoms with Gasteiger partial charge in [-0.25, -0.2) is 0 Å². The lowest BCUT2D eigenvalue weighted by Gasteiger charge is -2.37. The van der Waals surface area contributed by atoms with E-state index in [-0.39, 0.29) is 5.41 Å². The van der Waals surface area contributed by atoms with E-state index in [1.165, 1.54) is 11.1 Å². The van der Waals surface area contributed by atoms with E-state index in [4.69, 9.17) is 0 Å². The second-order valence-corrected chi connectivity index (χ2v) is 4.34. The molecule has 15 heavy (non-hydrogen) atoms. The maximum Gasteiger partial charge on any atom is 0.0270 e. The summed E-state index contributed by atoms with van der Waals surface area (Å²) in [6.45, 7) is 6.62. The van der Waals surface area contributed by atoms with Gasteiger partial charge in [0.05, 0.1) is 0 Å². The summed E-state index contributed by atoms with van der Waals surface area (Å²) >= 11 is 0. The van der Waals surface area contributed by atoms with Gasteiger partial charge in [-0.1, -0.05) is 13.8 Å². The molecule has 0 radical (unpaired) electrons. The van der Waals surface area contributed by atoms with Crippen LogP contribution in [0.2, 0.25) is 0 Å². The lowest BCUT2D eigenvalue weighted by Crippen LogP contribution is -2.34. The lowest BCUT2D eigenvalue weighted by molar-refractivity contribution is 0.458. The summed E-state index contributed by atoms with van der Waals surface area (Å²) in [7, 11) is 0. The largest absolute Gasteiger partial charge is 0.269 e. The Morgan fingerprint density at radius 2 is 1.93 bits per heavy atom. The Kier molecular flexibility index (Phi) is 2.43. The molecule has 0 amide bonds. The fourth-order valence-corrected chi connectivity index (χ4v) is 2.11. The van der Waals surface area contributed by atoms with Crippen LogP contribution in [0.5, 0.6) is 0 Å². The SMILES string of the molecule is CC1=CN=CC(C)C1(C)c1ccncc1. The van der Waals surface area contributed by atoms with Crippen LogP contribution in [0.3, 0.4) is 0 Å². The predicted octanol–water partition coefficient (Wildman–Crippen LogP) is 2.96. The van der Waals surface area contributed by atoms with Crippen molar-refractivity contribution in [1.29, 1.82) is 0 Å². The standard InChI is InChI=1S/C13H16N2/c1-10-8-15-9-11(2)13(10,3)12-4-6-14-7-5-12/h4-10H,1-3H3. The van der Waals surface area contributed by atoms with Gasteiger partial charge >= 0.3 is 0 Å². The average Bonchev–Trinajstić information content (AvgIpc) is 2.27. The zero-order chi connectivity index (χ0) is 10.9. The number of nitrogens with zero attached hydrogens (tertiary/aromatic N) is 2. The van der Waals surface area contributed by atoms with Crippen molar-refractivity contribution in [2.75, 3.05) is 0 Å². The van der Waals surface area contributed by atoms with E-state index in [0.29, 0.717) is 5.92 Å². The summed E-state index contributed by atoms with van der Waals surface area (Å²) in [6, 6.07) is 4.18. The van der Waals surface area contributed by atoms with Gasteiger partial charge in [-0.3, -0.25) is 9.98 Å². The molecule has 1 aliphatic heterocycles. The fourth-order valence-electron chi connectivity index (χ4n) is 2.11. The van der Waals surface area contributed by atoms with Crippen molar-refractivity contribution in [3.63, 3.8) is 0 Å². The van der Waals surface area contributed by atoms with Crippen LogP contribution in [0.15, 0.2) is 41.3 Å². The van der Waals surface area contributed by atoms with Crippen LogP contribution < -0.4 is 0 Å². The first kappa shape index (κ1) is 10.1. The summed E-state index contributed by atoms with van der Waals surface area (Å²) in [5, 5.41) is 0. The van der Waals surface area contributed by atoms with Crippen molar-refractivity contribution in [2.45, 2.75) is 26.2 Å². The van der Waals surface area contributed by atoms with E-state index in [1.807, 2.05) is 24.8 Å². The van der Waals surface area contributed by atoms with Crippen LogP contribution >= 0.6 is 0 Å². The fraction of sp³-hybridized carbons (Fsp3) is 0.385. The molecule has 2 nitrogen and oxygen atoms in total. The Labute approximate surface area is 90.8 Å². The molecule has 1 aromatic heterocycles. The number of allylic oxidation sites excluding steroid dienone is 1. The number of hydrogen-bond donors (Lipinski definition) is 0. The van der Waals surface area contributed by atoms with E-state index < -0.39 is 0 Å². The Bertz CT molecular complexity index is 406. The molecule has 2 heterocycles. The molecule has 0 saturated carbocycles. The van der Waals surface area contributed by atoms with E-state index in [9.17, 15) is 0 Å². The topological polar surface area (TPSA) is 25.2 Å². The molecule has 0 aliphatic carbocycles. The third kappa shape index (κ3) is 1.50. The monoisotopic (exact) mass is 200 g/mol. The number of aromatic nitrogens is 1. The minimum Gasteiger partial charge on any atom is -0.269 e. The zero-order valence-corrected chi connectivity index (χ0v) is 9.44. The number of hydrogen-bond acceptors (Lipinski definition) is 2. The molecule has 0 saturated heterocycles. The highest BCUT2D eigenvalue weighted by atomic mass is 14.7. The van der Waals surface area contributed by atoms with Crippen LogP contribution in [0.25, 0.3) is 0 Å². The maximum absolute atomic E-state index is 4.26. The van der Waals surface area contributed by atoms with Crippen LogP contribution in [0, 0.1) is 5.92 Å². The molecule has 2 heteroatoms. The highest BCUT2D eigenvalue weighted by Gasteiger charge is 2.35. The first-order valence-corrected chi connectivity index (χ1v) is 5.26. The second kappa shape index (κ2) is 3.61. The van der Waals surface area contributed by atoms with Gasteiger partial charge in [0.2, 0.25) is 0 Å². The van der Waals surface area contributed by atoms with Crippen LogP contribution in [-0.4, -0.2) is 11.2 Å². The van der Waals surface area contributed by atoms with Crippen LogP contribution in [-0.2, 0) is 5.41 Å². The van der Waals surface area contributed by atoms with Crippen molar-refractivity contribution in [2.24, 2.45) is 10.9 Å². The lowest BCUT2D eigenvalue weighted by atomic mass is 9.68. The van der Waals surface area contributed by atoms with Gasteiger partial charge < -0.3 is 0 Å². The molecule has 1 aromatic rings. The van der Waals surface area contributed by atoms with E-state index in [1.54, 1.807) is 0 Å². The van der Waals surface area contributed by atoms with Crippen molar-refractivity contribution in [1.82, 2.24) is 4.98 Å². The molecular formula is C13H16N2. The molecule has 1 aliphatic rings. The number of rotatable bonds is 1. The molecule has 78 valence electrons. The second-order valence-electron chi connectivity index (χ2n) is 4.34. The smallest absolute Gasteiger partial charge is 0.0270 e. The summed E-state index contributed by atoms with van der Waals surface area (Å²) in [4.78, 5) is 8.33. The molecule has 2 rings (SSSR count). The molecule has 0 N–H and O–H groups in total. The van der Waals surface area contributed by atoms with Gasteiger partial charge in [0.1, 0.15) is 0 Å². The molecule has 2 atom stereocenters.